The van der Waals surface area contributed by atoms with Crippen molar-refractivity contribution in [2.45, 2.75) is 20.8 Å². The zero-order valence-electron chi connectivity index (χ0n) is 6.66. The molecule has 0 fully saturated rings. The molecule has 0 saturated heterocycles. The second kappa shape index (κ2) is 4.79. The van der Waals surface area contributed by atoms with Gasteiger partial charge in [0.05, 0.1) is 0 Å². The van der Waals surface area contributed by atoms with Gasteiger partial charge in [0.2, 0.25) is 0 Å². The molecule has 0 unspecified atom stereocenters. The van der Waals surface area contributed by atoms with Gasteiger partial charge in [0.25, 0.3) is 0 Å². The van der Waals surface area contributed by atoms with Crippen molar-refractivity contribution >= 4 is 0 Å². The van der Waals surface area contributed by atoms with Crippen molar-refractivity contribution in [3.63, 3.8) is 0 Å². The first-order chi connectivity index (χ1) is 4.79. The Hall–Kier alpha value is -1.05. The van der Waals surface area contributed by atoms with Crippen LogP contribution in [0.4, 0.5) is 0 Å². The summed E-state index contributed by atoms with van der Waals surface area (Å²) in [7, 11) is 0. The highest BCUT2D eigenvalue weighted by Crippen LogP contribution is 1.87. The standard InChI is InChI=1S/C6H7NO.C2H6/c1-6-2-4-7(8)5-3-6;1-2/h2-5H,1H3;1-2H3. The number of pyridine rings is 1. The molecule has 0 N–H and O–H groups in total. The molecular weight excluding hydrogens is 126 g/mol. The van der Waals surface area contributed by atoms with Gasteiger partial charge < -0.3 is 5.21 Å². The average Bonchev–Trinajstić information content (AvgIpc) is 2.00. The van der Waals surface area contributed by atoms with Crippen LogP contribution in [0.3, 0.4) is 0 Å². The van der Waals surface area contributed by atoms with E-state index >= 15 is 0 Å². The molecule has 0 aromatic carbocycles. The van der Waals surface area contributed by atoms with Gasteiger partial charge in [-0.05, 0) is 12.5 Å². The summed E-state index contributed by atoms with van der Waals surface area (Å²) in [5, 5.41) is 10.3. The fourth-order valence-corrected chi connectivity index (χ4v) is 0.487. The maximum atomic E-state index is 10.3. The summed E-state index contributed by atoms with van der Waals surface area (Å²) < 4.78 is 0.771. The maximum Gasteiger partial charge on any atom is 0.180 e. The molecule has 1 heterocycles. The van der Waals surface area contributed by atoms with E-state index in [2.05, 4.69) is 0 Å². The first-order valence-corrected chi connectivity index (χ1v) is 3.44. The van der Waals surface area contributed by atoms with Crippen molar-refractivity contribution in [1.29, 1.82) is 0 Å². The molecule has 1 aromatic rings. The molecule has 10 heavy (non-hydrogen) atoms. The molecule has 0 bridgehead atoms. The van der Waals surface area contributed by atoms with E-state index in [4.69, 9.17) is 0 Å². The summed E-state index contributed by atoms with van der Waals surface area (Å²) in [6, 6.07) is 3.54. The van der Waals surface area contributed by atoms with Crippen LogP contribution in [0.1, 0.15) is 19.4 Å². The van der Waals surface area contributed by atoms with Gasteiger partial charge in [-0.2, -0.15) is 4.73 Å². The minimum atomic E-state index is 0.771. The normalized spacial score (nSPS) is 7.90. The largest absolute Gasteiger partial charge is 0.619 e. The summed E-state index contributed by atoms with van der Waals surface area (Å²) in [6.45, 7) is 5.94. The summed E-state index contributed by atoms with van der Waals surface area (Å²) in [4.78, 5) is 0. The minimum absolute atomic E-state index is 0.771. The van der Waals surface area contributed by atoms with Crippen LogP contribution >= 0.6 is 0 Å². The number of aryl methyl sites for hydroxylation is 1. The van der Waals surface area contributed by atoms with Crippen LogP contribution in [0, 0.1) is 12.1 Å². The average molecular weight is 139 g/mol. The highest BCUT2D eigenvalue weighted by Gasteiger charge is 1.83. The molecule has 2 nitrogen and oxygen atoms in total. The van der Waals surface area contributed by atoms with Crippen LogP contribution in [-0.2, 0) is 0 Å². The monoisotopic (exact) mass is 139 g/mol. The molecule has 0 aliphatic rings. The Balaban J connectivity index is 0.000000371. The van der Waals surface area contributed by atoms with Crippen molar-refractivity contribution in [3.05, 3.63) is 35.3 Å². The lowest BCUT2D eigenvalue weighted by Gasteiger charge is -1.92. The van der Waals surface area contributed by atoms with Crippen molar-refractivity contribution in [2.24, 2.45) is 0 Å². The molecule has 2 heteroatoms. The number of aromatic nitrogens is 1. The van der Waals surface area contributed by atoms with Crippen molar-refractivity contribution < 1.29 is 4.73 Å². The minimum Gasteiger partial charge on any atom is -0.619 e. The second-order valence-electron chi connectivity index (χ2n) is 1.74. The first-order valence-electron chi connectivity index (χ1n) is 3.44. The lowest BCUT2D eigenvalue weighted by atomic mass is 10.3. The van der Waals surface area contributed by atoms with Gasteiger partial charge in [0.15, 0.2) is 12.4 Å². The van der Waals surface area contributed by atoms with E-state index in [-0.39, 0.29) is 0 Å². The second-order valence-corrected chi connectivity index (χ2v) is 1.74. The van der Waals surface area contributed by atoms with E-state index < -0.39 is 0 Å². The van der Waals surface area contributed by atoms with Gasteiger partial charge >= 0.3 is 0 Å². The topological polar surface area (TPSA) is 26.9 Å². The summed E-state index contributed by atoms with van der Waals surface area (Å²) in [6.07, 6.45) is 2.96. The fraction of sp³-hybridized carbons (Fsp3) is 0.375. The predicted octanol–water partition coefficient (Wildman–Crippen LogP) is 1.65. The van der Waals surface area contributed by atoms with E-state index in [0.717, 1.165) is 10.3 Å². The Morgan fingerprint density at radius 3 is 1.90 bits per heavy atom. The molecule has 56 valence electrons. The molecule has 0 spiro atoms. The summed E-state index contributed by atoms with van der Waals surface area (Å²) in [5.74, 6) is 0. The van der Waals surface area contributed by atoms with Crippen LogP contribution in [0.5, 0.6) is 0 Å². The van der Waals surface area contributed by atoms with Gasteiger partial charge in [-0.3, -0.25) is 0 Å². The Morgan fingerprint density at radius 2 is 1.60 bits per heavy atom. The van der Waals surface area contributed by atoms with Gasteiger partial charge in [0.1, 0.15) is 0 Å². The molecule has 0 aliphatic carbocycles. The number of nitrogens with zero attached hydrogens (tertiary/aromatic N) is 1. The van der Waals surface area contributed by atoms with E-state index in [1.54, 1.807) is 12.1 Å². The third-order valence-corrected chi connectivity index (χ3v) is 0.969. The third kappa shape index (κ3) is 3.07. The number of hydrogen-bond acceptors (Lipinski definition) is 1. The fourth-order valence-electron chi connectivity index (χ4n) is 0.487. The highest BCUT2D eigenvalue weighted by atomic mass is 16.5. The first kappa shape index (κ1) is 8.95. The smallest absolute Gasteiger partial charge is 0.180 e. The van der Waals surface area contributed by atoms with Crippen LogP contribution in [-0.4, -0.2) is 0 Å². The summed E-state index contributed by atoms with van der Waals surface area (Å²) >= 11 is 0. The van der Waals surface area contributed by atoms with E-state index in [9.17, 15) is 5.21 Å². The van der Waals surface area contributed by atoms with Crippen molar-refractivity contribution in [1.82, 2.24) is 0 Å². The SMILES string of the molecule is CC.Cc1cc[n+]([O-])cc1. The lowest BCUT2D eigenvalue weighted by Crippen LogP contribution is -2.23. The molecule has 0 saturated carbocycles. The number of hydrogen-bond donors (Lipinski definition) is 0. The van der Waals surface area contributed by atoms with Crippen LogP contribution < -0.4 is 4.73 Å². The Bertz CT molecular complexity index is 148. The quantitative estimate of drug-likeness (QED) is 0.396. The molecule has 0 aliphatic heterocycles. The molecule has 0 amide bonds. The molecule has 1 rings (SSSR count). The molecular formula is C8H13NO. The number of rotatable bonds is 0. The van der Waals surface area contributed by atoms with Crippen LogP contribution in [0.2, 0.25) is 0 Å². The predicted molar refractivity (Wildman–Crippen MR) is 41.5 cm³/mol. The van der Waals surface area contributed by atoms with E-state index in [0.29, 0.717) is 0 Å². The van der Waals surface area contributed by atoms with Gasteiger partial charge in [-0.25, -0.2) is 0 Å². The maximum absolute atomic E-state index is 10.3. The van der Waals surface area contributed by atoms with Gasteiger partial charge in [-0.15, -0.1) is 0 Å². The summed E-state index contributed by atoms with van der Waals surface area (Å²) in [5.41, 5.74) is 1.11. The van der Waals surface area contributed by atoms with E-state index in [1.807, 2.05) is 20.8 Å². The van der Waals surface area contributed by atoms with Crippen LogP contribution in [0.25, 0.3) is 0 Å². The Morgan fingerprint density at radius 1 is 1.20 bits per heavy atom. The van der Waals surface area contributed by atoms with Crippen molar-refractivity contribution in [3.8, 4) is 0 Å². The Labute approximate surface area is 61.7 Å². The third-order valence-electron chi connectivity index (χ3n) is 0.969. The van der Waals surface area contributed by atoms with Gasteiger partial charge in [-0.1, -0.05) is 13.8 Å². The van der Waals surface area contributed by atoms with E-state index in [1.165, 1.54) is 12.4 Å². The van der Waals surface area contributed by atoms with Crippen LogP contribution in [0.15, 0.2) is 24.5 Å². The van der Waals surface area contributed by atoms with Crippen molar-refractivity contribution in [2.75, 3.05) is 0 Å². The molecule has 1 aromatic heterocycles. The Kier molecular flexibility index (Phi) is 4.29. The molecule has 0 atom stereocenters. The van der Waals surface area contributed by atoms with Gasteiger partial charge in [0, 0.05) is 12.1 Å². The zero-order valence-corrected chi connectivity index (χ0v) is 6.66. The lowest BCUT2D eigenvalue weighted by molar-refractivity contribution is -0.605. The molecule has 0 radical (unpaired) electrons. The zero-order chi connectivity index (χ0) is 7.98. The highest BCUT2D eigenvalue weighted by molar-refractivity contribution is 5.03.